The van der Waals surface area contributed by atoms with Crippen LogP contribution in [-0.2, 0) is 17.8 Å². The van der Waals surface area contributed by atoms with E-state index in [1.54, 1.807) is 7.11 Å². The van der Waals surface area contributed by atoms with Crippen molar-refractivity contribution in [1.29, 1.82) is 0 Å². The Labute approximate surface area is 166 Å². The van der Waals surface area contributed by atoms with Crippen LogP contribution < -0.4 is 9.47 Å². The zero-order chi connectivity index (χ0) is 19.3. The average Bonchev–Trinajstić information content (AvgIpc) is 2.98. The van der Waals surface area contributed by atoms with E-state index in [9.17, 15) is 4.79 Å². The molecule has 148 valence electrons. The lowest BCUT2D eigenvalue weighted by Gasteiger charge is -2.30. The molecule has 2 aliphatic heterocycles. The summed E-state index contributed by atoms with van der Waals surface area (Å²) in [6.07, 6.45) is 5.37. The van der Waals surface area contributed by atoms with Crippen molar-refractivity contribution in [3.8, 4) is 11.5 Å². The van der Waals surface area contributed by atoms with E-state index in [4.69, 9.17) is 9.47 Å². The number of methoxy groups -OCH3 is 1. The summed E-state index contributed by atoms with van der Waals surface area (Å²) in [6.45, 7) is 4.81. The molecule has 1 saturated heterocycles. The van der Waals surface area contributed by atoms with Gasteiger partial charge in [0.2, 0.25) is 5.91 Å². The third-order valence-corrected chi connectivity index (χ3v) is 5.58. The maximum atomic E-state index is 13.1. The molecular weight excluding hydrogens is 354 g/mol. The van der Waals surface area contributed by atoms with Gasteiger partial charge in [-0.3, -0.25) is 14.7 Å². The van der Waals surface area contributed by atoms with Crippen LogP contribution in [0.2, 0.25) is 0 Å². The fraction of sp³-hybridized carbons (Fsp3) is 0.455. The summed E-state index contributed by atoms with van der Waals surface area (Å²) in [5.74, 6) is 1.61. The van der Waals surface area contributed by atoms with E-state index in [1.165, 1.54) is 5.56 Å². The monoisotopic (exact) mass is 381 g/mol. The maximum Gasteiger partial charge on any atom is 0.229 e. The Kier molecular flexibility index (Phi) is 5.76. The summed E-state index contributed by atoms with van der Waals surface area (Å²) in [4.78, 5) is 21.6. The van der Waals surface area contributed by atoms with E-state index >= 15 is 0 Å². The topological polar surface area (TPSA) is 54.9 Å². The molecule has 0 N–H and O–H groups in total. The van der Waals surface area contributed by atoms with Gasteiger partial charge in [0.1, 0.15) is 6.61 Å². The molecule has 2 aliphatic rings. The Morgan fingerprint density at radius 1 is 1.18 bits per heavy atom. The van der Waals surface area contributed by atoms with Crippen molar-refractivity contribution in [2.75, 3.05) is 39.9 Å². The number of aromatic nitrogens is 1. The predicted molar refractivity (Wildman–Crippen MR) is 106 cm³/mol. The Morgan fingerprint density at radius 2 is 2.04 bits per heavy atom. The molecule has 0 aliphatic carbocycles. The number of benzene rings is 1. The van der Waals surface area contributed by atoms with Crippen LogP contribution in [0.4, 0.5) is 0 Å². The standard InChI is InChI=1S/C22H27N3O3/c1-27-20-5-2-4-18-14-19(16-28-21(18)20)22(26)25-11-3-10-24(12-13-25)15-17-6-8-23-9-7-17/h2,4-9,19H,3,10-16H2,1H3/t19-/m0/s1. The lowest BCUT2D eigenvalue weighted by atomic mass is 9.95. The lowest BCUT2D eigenvalue weighted by molar-refractivity contribution is -0.136. The Hall–Kier alpha value is -2.60. The van der Waals surface area contributed by atoms with Gasteiger partial charge in [0.15, 0.2) is 11.5 Å². The zero-order valence-corrected chi connectivity index (χ0v) is 16.3. The van der Waals surface area contributed by atoms with Crippen LogP contribution >= 0.6 is 0 Å². The highest BCUT2D eigenvalue weighted by molar-refractivity contribution is 5.80. The van der Waals surface area contributed by atoms with E-state index in [0.29, 0.717) is 13.0 Å². The molecule has 0 radical (unpaired) electrons. The highest BCUT2D eigenvalue weighted by Crippen LogP contribution is 2.36. The van der Waals surface area contributed by atoms with Crippen LogP contribution in [0, 0.1) is 5.92 Å². The largest absolute Gasteiger partial charge is 0.493 e. The first-order chi connectivity index (χ1) is 13.7. The SMILES string of the molecule is COc1cccc2c1OC[C@@H](C(=O)N1CCCN(Cc3ccncc3)CC1)C2. The highest BCUT2D eigenvalue weighted by atomic mass is 16.5. The zero-order valence-electron chi connectivity index (χ0n) is 16.3. The third kappa shape index (κ3) is 4.12. The Morgan fingerprint density at radius 3 is 2.86 bits per heavy atom. The van der Waals surface area contributed by atoms with Crippen LogP contribution in [0.25, 0.3) is 0 Å². The summed E-state index contributed by atoms with van der Waals surface area (Å²) in [5.41, 5.74) is 2.32. The molecule has 0 unspecified atom stereocenters. The van der Waals surface area contributed by atoms with Gasteiger partial charge in [0.25, 0.3) is 0 Å². The number of ether oxygens (including phenoxy) is 2. The molecule has 6 nitrogen and oxygen atoms in total. The second-order valence-electron chi connectivity index (χ2n) is 7.47. The van der Waals surface area contributed by atoms with E-state index in [0.717, 1.165) is 56.2 Å². The van der Waals surface area contributed by atoms with Crippen molar-refractivity contribution in [3.63, 3.8) is 0 Å². The summed E-state index contributed by atoms with van der Waals surface area (Å²) in [6, 6.07) is 9.98. The quantitative estimate of drug-likeness (QED) is 0.814. The number of hydrogen-bond acceptors (Lipinski definition) is 5. The third-order valence-electron chi connectivity index (χ3n) is 5.58. The van der Waals surface area contributed by atoms with E-state index in [1.807, 2.05) is 35.5 Å². The molecule has 6 heteroatoms. The molecule has 1 aromatic heterocycles. The summed E-state index contributed by atoms with van der Waals surface area (Å²) >= 11 is 0. The number of carbonyl (C=O) groups excluding carboxylic acids is 1. The number of nitrogens with zero attached hydrogens (tertiary/aromatic N) is 3. The molecule has 1 fully saturated rings. The average molecular weight is 381 g/mol. The molecule has 0 saturated carbocycles. The molecular formula is C22H27N3O3. The van der Waals surface area contributed by atoms with Gasteiger partial charge in [-0.2, -0.15) is 0 Å². The minimum atomic E-state index is -0.119. The van der Waals surface area contributed by atoms with Crippen LogP contribution in [0.5, 0.6) is 11.5 Å². The van der Waals surface area contributed by atoms with Crippen LogP contribution in [0.3, 0.4) is 0 Å². The molecule has 28 heavy (non-hydrogen) atoms. The first kappa shape index (κ1) is 18.7. The van der Waals surface area contributed by atoms with Crippen molar-refractivity contribution in [2.45, 2.75) is 19.4 Å². The smallest absolute Gasteiger partial charge is 0.229 e. The van der Waals surface area contributed by atoms with Gasteiger partial charge >= 0.3 is 0 Å². The first-order valence-electron chi connectivity index (χ1n) is 9.93. The van der Waals surface area contributed by atoms with Gasteiger partial charge in [0, 0.05) is 45.1 Å². The van der Waals surface area contributed by atoms with Crippen molar-refractivity contribution < 1.29 is 14.3 Å². The van der Waals surface area contributed by atoms with Crippen molar-refractivity contribution in [2.24, 2.45) is 5.92 Å². The molecule has 4 rings (SSSR count). The number of rotatable bonds is 4. The first-order valence-corrected chi connectivity index (χ1v) is 9.93. The van der Waals surface area contributed by atoms with Crippen LogP contribution in [0.1, 0.15) is 17.5 Å². The van der Waals surface area contributed by atoms with Crippen molar-refractivity contribution in [1.82, 2.24) is 14.8 Å². The summed E-state index contributed by atoms with van der Waals surface area (Å²) in [7, 11) is 1.64. The number of fused-ring (bicyclic) bond motifs is 1. The van der Waals surface area contributed by atoms with Gasteiger partial charge in [-0.15, -0.1) is 0 Å². The number of carbonyl (C=O) groups is 1. The van der Waals surface area contributed by atoms with Crippen LogP contribution in [0.15, 0.2) is 42.7 Å². The number of amides is 1. The van der Waals surface area contributed by atoms with Crippen molar-refractivity contribution in [3.05, 3.63) is 53.9 Å². The van der Waals surface area contributed by atoms with Gasteiger partial charge in [-0.1, -0.05) is 12.1 Å². The lowest BCUT2D eigenvalue weighted by Crippen LogP contribution is -2.42. The van der Waals surface area contributed by atoms with Crippen LogP contribution in [-0.4, -0.2) is 60.6 Å². The fourth-order valence-electron chi connectivity index (χ4n) is 4.07. The van der Waals surface area contributed by atoms with Gasteiger partial charge in [-0.25, -0.2) is 0 Å². The van der Waals surface area contributed by atoms with Gasteiger partial charge in [0.05, 0.1) is 13.0 Å². The summed E-state index contributed by atoms with van der Waals surface area (Å²) in [5, 5.41) is 0. The molecule has 0 bridgehead atoms. The van der Waals surface area contributed by atoms with E-state index < -0.39 is 0 Å². The predicted octanol–water partition coefficient (Wildman–Crippen LogP) is 2.38. The fourth-order valence-corrected chi connectivity index (χ4v) is 4.07. The number of para-hydroxylation sites is 1. The minimum Gasteiger partial charge on any atom is -0.493 e. The number of pyridine rings is 1. The van der Waals surface area contributed by atoms with Crippen molar-refractivity contribution >= 4 is 5.91 Å². The Balaban J connectivity index is 1.36. The van der Waals surface area contributed by atoms with E-state index in [-0.39, 0.29) is 11.8 Å². The Bertz CT molecular complexity index is 812. The molecule has 1 aromatic carbocycles. The molecule has 1 amide bonds. The molecule has 0 spiro atoms. The van der Waals surface area contributed by atoms with Gasteiger partial charge < -0.3 is 14.4 Å². The minimum absolute atomic E-state index is 0.119. The van der Waals surface area contributed by atoms with E-state index in [2.05, 4.69) is 22.0 Å². The summed E-state index contributed by atoms with van der Waals surface area (Å²) < 4.78 is 11.3. The normalized spacial score (nSPS) is 20.0. The molecule has 1 atom stereocenters. The highest BCUT2D eigenvalue weighted by Gasteiger charge is 2.31. The second-order valence-corrected chi connectivity index (χ2v) is 7.47. The second kappa shape index (κ2) is 8.61. The molecule has 2 aromatic rings. The molecule has 3 heterocycles. The van der Waals surface area contributed by atoms with Gasteiger partial charge in [-0.05, 0) is 42.2 Å². The number of hydrogen-bond donors (Lipinski definition) is 0. The maximum absolute atomic E-state index is 13.1.